The Kier molecular flexibility index (Phi) is 5.81. The molecule has 0 atom stereocenters. The third-order valence-corrected chi connectivity index (χ3v) is 3.11. The Morgan fingerprint density at radius 1 is 1.08 bits per heavy atom. The number of nitrogens with one attached hydrogen (secondary N) is 2. The molecule has 26 heavy (non-hydrogen) atoms. The molecule has 0 aromatic heterocycles. The average Bonchev–Trinajstić information content (AvgIpc) is 2.54. The van der Waals surface area contributed by atoms with Crippen molar-refractivity contribution in [2.75, 3.05) is 17.2 Å². The van der Waals surface area contributed by atoms with Gasteiger partial charge in [0.1, 0.15) is 0 Å². The molecule has 0 aliphatic carbocycles. The standard InChI is InChI=1S/C17H14F4N2O3/c1-10(24)22-11-6-7-14(12(8-11)17(19,20)21)23-16(25)9-26-15-5-3-2-4-13(15)18/h2-8H,9H2,1H3,(H,22,24)(H,23,25). The number of anilines is 2. The summed E-state index contributed by atoms with van der Waals surface area (Å²) in [7, 11) is 0. The predicted molar refractivity (Wildman–Crippen MR) is 86.3 cm³/mol. The van der Waals surface area contributed by atoms with E-state index in [2.05, 4.69) is 10.6 Å². The maximum Gasteiger partial charge on any atom is 0.418 e. The minimum atomic E-state index is -4.76. The molecule has 9 heteroatoms. The van der Waals surface area contributed by atoms with Crippen molar-refractivity contribution < 1.29 is 31.9 Å². The summed E-state index contributed by atoms with van der Waals surface area (Å²) < 4.78 is 57.9. The topological polar surface area (TPSA) is 67.4 Å². The van der Waals surface area contributed by atoms with E-state index >= 15 is 0 Å². The number of benzene rings is 2. The molecule has 2 aromatic rings. The van der Waals surface area contributed by atoms with Crippen LogP contribution >= 0.6 is 0 Å². The number of amides is 2. The van der Waals surface area contributed by atoms with E-state index in [0.717, 1.165) is 19.1 Å². The molecule has 2 N–H and O–H groups in total. The number of rotatable bonds is 5. The number of hydrogen-bond donors (Lipinski definition) is 2. The molecule has 2 rings (SSSR count). The Balaban J connectivity index is 2.13. The second kappa shape index (κ2) is 7.85. The van der Waals surface area contributed by atoms with Gasteiger partial charge in [-0.25, -0.2) is 4.39 Å². The highest BCUT2D eigenvalue weighted by molar-refractivity contribution is 5.94. The van der Waals surface area contributed by atoms with E-state index in [0.29, 0.717) is 6.07 Å². The summed E-state index contributed by atoms with van der Waals surface area (Å²) in [6, 6.07) is 8.24. The van der Waals surface area contributed by atoms with Crippen LogP contribution in [0, 0.1) is 5.82 Å². The van der Waals surface area contributed by atoms with Crippen LogP contribution < -0.4 is 15.4 Å². The number of alkyl halides is 3. The maximum atomic E-state index is 13.4. The molecule has 138 valence electrons. The minimum Gasteiger partial charge on any atom is -0.481 e. The van der Waals surface area contributed by atoms with Crippen LogP contribution in [-0.4, -0.2) is 18.4 Å². The van der Waals surface area contributed by atoms with Gasteiger partial charge in [0.2, 0.25) is 5.91 Å². The molecule has 0 saturated heterocycles. The number of para-hydroxylation sites is 1. The Morgan fingerprint density at radius 2 is 1.77 bits per heavy atom. The normalized spacial score (nSPS) is 11.0. The molecule has 0 saturated carbocycles. The van der Waals surface area contributed by atoms with Gasteiger partial charge in [0.05, 0.1) is 11.3 Å². The first-order chi connectivity index (χ1) is 12.2. The summed E-state index contributed by atoms with van der Waals surface area (Å²) in [5, 5.41) is 4.30. The summed E-state index contributed by atoms with van der Waals surface area (Å²) in [5.41, 5.74) is -1.71. The Labute approximate surface area is 146 Å². The van der Waals surface area contributed by atoms with Gasteiger partial charge in [0, 0.05) is 12.6 Å². The Morgan fingerprint density at radius 3 is 2.38 bits per heavy atom. The summed E-state index contributed by atoms with van der Waals surface area (Å²) >= 11 is 0. The molecule has 2 amide bonds. The van der Waals surface area contributed by atoms with Crippen LogP contribution in [0.15, 0.2) is 42.5 Å². The second-order valence-electron chi connectivity index (χ2n) is 5.21. The predicted octanol–water partition coefficient (Wildman–Crippen LogP) is 3.82. The highest BCUT2D eigenvalue weighted by Gasteiger charge is 2.34. The van der Waals surface area contributed by atoms with Crippen molar-refractivity contribution in [3.8, 4) is 5.75 Å². The third kappa shape index (κ3) is 5.20. The van der Waals surface area contributed by atoms with Crippen molar-refractivity contribution in [1.82, 2.24) is 0 Å². The van der Waals surface area contributed by atoms with E-state index in [4.69, 9.17) is 4.74 Å². The van der Waals surface area contributed by atoms with Crippen LogP contribution in [0.2, 0.25) is 0 Å². The fourth-order valence-corrected chi connectivity index (χ4v) is 2.06. The van der Waals surface area contributed by atoms with Gasteiger partial charge in [-0.3, -0.25) is 9.59 Å². The summed E-state index contributed by atoms with van der Waals surface area (Å²) in [6.45, 7) is 0.481. The van der Waals surface area contributed by atoms with Crippen molar-refractivity contribution in [2.24, 2.45) is 0 Å². The van der Waals surface area contributed by atoms with Crippen molar-refractivity contribution >= 4 is 23.2 Å². The average molecular weight is 370 g/mol. The smallest absolute Gasteiger partial charge is 0.418 e. The van der Waals surface area contributed by atoms with E-state index < -0.39 is 41.7 Å². The fourth-order valence-electron chi connectivity index (χ4n) is 2.06. The number of hydrogen-bond acceptors (Lipinski definition) is 3. The third-order valence-electron chi connectivity index (χ3n) is 3.11. The van der Waals surface area contributed by atoms with Gasteiger partial charge in [0.25, 0.3) is 5.91 Å². The quantitative estimate of drug-likeness (QED) is 0.787. The van der Waals surface area contributed by atoms with Crippen molar-refractivity contribution in [3.63, 3.8) is 0 Å². The van der Waals surface area contributed by atoms with Crippen LogP contribution in [0.5, 0.6) is 5.75 Å². The monoisotopic (exact) mass is 370 g/mol. The lowest BCUT2D eigenvalue weighted by molar-refractivity contribution is -0.137. The summed E-state index contributed by atoms with van der Waals surface area (Å²) in [5.74, 6) is -2.32. The number of halogens is 4. The lowest BCUT2D eigenvalue weighted by Gasteiger charge is -2.16. The Bertz CT molecular complexity index is 822. The number of carbonyl (C=O) groups excluding carboxylic acids is 2. The van der Waals surface area contributed by atoms with Crippen LogP contribution in [0.25, 0.3) is 0 Å². The van der Waals surface area contributed by atoms with Crippen LogP contribution in [-0.2, 0) is 15.8 Å². The van der Waals surface area contributed by atoms with E-state index in [1.165, 1.54) is 24.3 Å². The van der Waals surface area contributed by atoms with E-state index in [1.807, 2.05) is 0 Å². The lowest BCUT2D eigenvalue weighted by atomic mass is 10.1. The molecule has 0 aliphatic heterocycles. The Hall–Kier alpha value is -3.10. The van der Waals surface area contributed by atoms with Crippen LogP contribution in [0.4, 0.5) is 28.9 Å². The maximum absolute atomic E-state index is 13.4. The minimum absolute atomic E-state index is 0.0644. The molecule has 2 aromatic carbocycles. The zero-order valence-corrected chi connectivity index (χ0v) is 13.5. The number of carbonyl (C=O) groups is 2. The molecule has 5 nitrogen and oxygen atoms in total. The second-order valence-corrected chi connectivity index (χ2v) is 5.21. The first-order valence-electron chi connectivity index (χ1n) is 7.33. The first kappa shape index (κ1) is 19.2. The molecule has 0 fully saturated rings. The largest absolute Gasteiger partial charge is 0.481 e. The molecule has 0 aliphatic rings. The van der Waals surface area contributed by atoms with Gasteiger partial charge in [-0.2, -0.15) is 13.2 Å². The first-order valence-corrected chi connectivity index (χ1v) is 7.33. The zero-order chi connectivity index (χ0) is 19.3. The molecule has 0 radical (unpaired) electrons. The fraction of sp³-hybridized carbons (Fsp3) is 0.176. The van der Waals surface area contributed by atoms with Gasteiger partial charge in [-0.1, -0.05) is 12.1 Å². The summed E-state index contributed by atoms with van der Waals surface area (Å²) in [4.78, 5) is 22.8. The van der Waals surface area contributed by atoms with Crippen molar-refractivity contribution in [3.05, 3.63) is 53.8 Å². The van der Waals surface area contributed by atoms with Crippen LogP contribution in [0.3, 0.4) is 0 Å². The van der Waals surface area contributed by atoms with Crippen molar-refractivity contribution in [2.45, 2.75) is 13.1 Å². The molecule has 0 bridgehead atoms. The van der Waals surface area contributed by atoms with Gasteiger partial charge < -0.3 is 15.4 Å². The highest BCUT2D eigenvalue weighted by Crippen LogP contribution is 2.36. The van der Waals surface area contributed by atoms with Gasteiger partial charge in [0.15, 0.2) is 18.2 Å². The lowest BCUT2D eigenvalue weighted by Crippen LogP contribution is -2.22. The molecule has 0 heterocycles. The van der Waals surface area contributed by atoms with Gasteiger partial charge in [-0.05, 0) is 30.3 Å². The zero-order valence-electron chi connectivity index (χ0n) is 13.5. The molecular formula is C17H14F4N2O3. The number of ether oxygens (including phenoxy) is 1. The van der Waals surface area contributed by atoms with E-state index in [1.54, 1.807) is 0 Å². The van der Waals surface area contributed by atoms with Crippen molar-refractivity contribution in [1.29, 1.82) is 0 Å². The molecular weight excluding hydrogens is 356 g/mol. The van der Waals surface area contributed by atoms with E-state index in [-0.39, 0.29) is 11.4 Å². The molecule has 0 spiro atoms. The molecule has 0 unspecified atom stereocenters. The summed E-state index contributed by atoms with van der Waals surface area (Å²) in [6.07, 6.45) is -4.76. The van der Waals surface area contributed by atoms with E-state index in [9.17, 15) is 27.2 Å². The van der Waals surface area contributed by atoms with Gasteiger partial charge >= 0.3 is 6.18 Å². The highest BCUT2D eigenvalue weighted by atomic mass is 19.4. The van der Waals surface area contributed by atoms with Gasteiger partial charge in [-0.15, -0.1) is 0 Å². The SMILES string of the molecule is CC(=O)Nc1ccc(NC(=O)COc2ccccc2F)c(C(F)(F)F)c1. The van der Waals surface area contributed by atoms with Crippen LogP contribution in [0.1, 0.15) is 12.5 Å².